The Kier molecular flexibility index (Phi) is 4.05. The highest BCUT2D eigenvalue weighted by molar-refractivity contribution is 5.24. The van der Waals surface area contributed by atoms with Gasteiger partial charge in [-0.2, -0.15) is 5.10 Å². The SMILES string of the molecule is CCn1nc(C)c(CNC[C@H]2CCc3nncn3C2)c1C. The molecule has 114 valence electrons. The third-order valence-corrected chi connectivity index (χ3v) is 4.49. The summed E-state index contributed by atoms with van der Waals surface area (Å²) in [6.45, 7) is 10.3. The predicted molar refractivity (Wildman–Crippen MR) is 80.9 cm³/mol. The highest BCUT2D eigenvalue weighted by Gasteiger charge is 2.19. The molecule has 1 N–H and O–H groups in total. The van der Waals surface area contributed by atoms with E-state index in [0.29, 0.717) is 5.92 Å². The van der Waals surface area contributed by atoms with Crippen LogP contribution < -0.4 is 5.32 Å². The van der Waals surface area contributed by atoms with E-state index >= 15 is 0 Å². The van der Waals surface area contributed by atoms with Gasteiger partial charge < -0.3 is 9.88 Å². The van der Waals surface area contributed by atoms with Gasteiger partial charge in [-0.15, -0.1) is 10.2 Å². The van der Waals surface area contributed by atoms with E-state index in [-0.39, 0.29) is 0 Å². The third kappa shape index (κ3) is 2.85. The van der Waals surface area contributed by atoms with Crippen molar-refractivity contribution in [1.29, 1.82) is 0 Å². The van der Waals surface area contributed by atoms with Gasteiger partial charge in [-0.3, -0.25) is 4.68 Å². The van der Waals surface area contributed by atoms with Crippen molar-refractivity contribution >= 4 is 0 Å². The van der Waals surface area contributed by atoms with Crippen LogP contribution in [0, 0.1) is 19.8 Å². The second kappa shape index (κ2) is 5.97. The molecule has 0 unspecified atom stereocenters. The number of nitrogens with zero attached hydrogens (tertiary/aromatic N) is 5. The van der Waals surface area contributed by atoms with Crippen molar-refractivity contribution < 1.29 is 0 Å². The van der Waals surface area contributed by atoms with Crippen LogP contribution in [-0.4, -0.2) is 31.1 Å². The van der Waals surface area contributed by atoms with E-state index in [4.69, 9.17) is 0 Å². The molecule has 0 bridgehead atoms. The van der Waals surface area contributed by atoms with Crippen LogP contribution >= 0.6 is 0 Å². The first-order valence-corrected chi connectivity index (χ1v) is 7.79. The molecule has 6 nitrogen and oxygen atoms in total. The van der Waals surface area contributed by atoms with Gasteiger partial charge in [0.05, 0.1) is 5.69 Å². The van der Waals surface area contributed by atoms with Gasteiger partial charge in [-0.25, -0.2) is 0 Å². The first-order valence-electron chi connectivity index (χ1n) is 7.79. The van der Waals surface area contributed by atoms with E-state index in [0.717, 1.165) is 44.1 Å². The van der Waals surface area contributed by atoms with Crippen molar-refractivity contribution in [3.8, 4) is 0 Å². The summed E-state index contributed by atoms with van der Waals surface area (Å²) in [4.78, 5) is 0. The number of nitrogens with one attached hydrogen (secondary N) is 1. The van der Waals surface area contributed by atoms with E-state index in [2.05, 4.69) is 50.6 Å². The van der Waals surface area contributed by atoms with Crippen molar-refractivity contribution in [1.82, 2.24) is 29.9 Å². The molecule has 1 aliphatic heterocycles. The molecule has 1 atom stereocenters. The lowest BCUT2D eigenvalue weighted by Gasteiger charge is -2.23. The lowest BCUT2D eigenvalue weighted by Crippen LogP contribution is -2.30. The zero-order chi connectivity index (χ0) is 14.8. The predicted octanol–water partition coefficient (Wildman–Crippen LogP) is 1.46. The molecular weight excluding hydrogens is 264 g/mol. The smallest absolute Gasteiger partial charge is 0.132 e. The number of aryl methyl sites for hydroxylation is 3. The largest absolute Gasteiger partial charge is 0.317 e. The van der Waals surface area contributed by atoms with Gasteiger partial charge in [-0.1, -0.05) is 0 Å². The maximum Gasteiger partial charge on any atom is 0.132 e. The number of rotatable bonds is 5. The lowest BCUT2D eigenvalue weighted by atomic mass is 9.99. The van der Waals surface area contributed by atoms with Gasteiger partial charge in [0.15, 0.2) is 0 Å². The zero-order valence-corrected chi connectivity index (χ0v) is 13.1. The Labute approximate surface area is 125 Å². The molecule has 0 amide bonds. The molecule has 1 aliphatic rings. The maximum atomic E-state index is 4.57. The molecule has 2 aromatic heterocycles. The van der Waals surface area contributed by atoms with Gasteiger partial charge in [0.2, 0.25) is 0 Å². The molecule has 0 aromatic carbocycles. The molecule has 0 saturated carbocycles. The minimum Gasteiger partial charge on any atom is -0.317 e. The molecular formula is C15H24N6. The summed E-state index contributed by atoms with van der Waals surface area (Å²) in [7, 11) is 0. The van der Waals surface area contributed by atoms with Crippen molar-refractivity contribution in [3.63, 3.8) is 0 Å². The Bertz CT molecular complexity index is 612. The van der Waals surface area contributed by atoms with E-state index < -0.39 is 0 Å². The van der Waals surface area contributed by atoms with Gasteiger partial charge in [-0.05, 0) is 39.7 Å². The first-order chi connectivity index (χ1) is 10.2. The summed E-state index contributed by atoms with van der Waals surface area (Å²) in [5.74, 6) is 1.79. The topological polar surface area (TPSA) is 60.6 Å². The van der Waals surface area contributed by atoms with Crippen molar-refractivity contribution in [2.75, 3.05) is 6.54 Å². The fourth-order valence-corrected chi connectivity index (χ4v) is 3.19. The summed E-state index contributed by atoms with van der Waals surface area (Å²) in [5.41, 5.74) is 3.77. The molecule has 0 spiro atoms. The minimum absolute atomic E-state index is 0.662. The van der Waals surface area contributed by atoms with Crippen LogP contribution in [0.2, 0.25) is 0 Å². The Morgan fingerprint density at radius 3 is 3.00 bits per heavy atom. The molecule has 2 aromatic rings. The molecule has 3 rings (SSSR count). The summed E-state index contributed by atoms with van der Waals surface area (Å²) in [6.07, 6.45) is 4.08. The third-order valence-electron chi connectivity index (χ3n) is 4.49. The van der Waals surface area contributed by atoms with Gasteiger partial charge >= 0.3 is 0 Å². The lowest BCUT2D eigenvalue weighted by molar-refractivity contribution is 0.347. The molecule has 0 fully saturated rings. The second-order valence-electron chi connectivity index (χ2n) is 5.90. The summed E-state index contributed by atoms with van der Waals surface area (Å²) >= 11 is 0. The van der Waals surface area contributed by atoms with Crippen LogP contribution in [0.5, 0.6) is 0 Å². The van der Waals surface area contributed by atoms with E-state index in [1.54, 1.807) is 0 Å². The van der Waals surface area contributed by atoms with Crippen LogP contribution in [0.4, 0.5) is 0 Å². The fraction of sp³-hybridized carbons (Fsp3) is 0.667. The summed E-state index contributed by atoms with van der Waals surface area (Å²) < 4.78 is 4.26. The van der Waals surface area contributed by atoms with Gasteiger partial charge in [0, 0.05) is 37.3 Å². The molecule has 0 radical (unpaired) electrons. The number of hydrogen-bond donors (Lipinski definition) is 1. The maximum absolute atomic E-state index is 4.57. The van der Waals surface area contributed by atoms with Crippen LogP contribution in [-0.2, 0) is 26.1 Å². The minimum atomic E-state index is 0.662. The van der Waals surface area contributed by atoms with Crippen molar-refractivity contribution in [2.45, 2.75) is 53.2 Å². The van der Waals surface area contributed by atoms with E-state index in [1.807, 2.05) is 6.33 Å². The highest BCUT2D eigenvalue weighted by Crippen LogP contribution is 2.18. The Morgan fingerprint density at radius 2 is 2.24 bits per heavy atom. The standard InChI is InChI=1S/C15H24N6/c1-4-21-12(3)14(11(2)19-21)8-16-7-13-5-6-15-18-17-10-20(15)9-13/h10,13,16H,4-9H2,1-3H3/t13-/m1/s1. The molecule has 21 heavy (non-hydrogen) atoms. The van der Waals surface area contributed by atoms with E-state index in [1.165, 1.54) is 17.7 Å². The highest BCUT2D eigenvalue weighted by atomic mass is 15.3. The molecule has 0 saturated heterocycles. The monoisotopic (exact) mass is 288 g/mol. The van der Waals surface area contributed by atoms with Crippen molar-refractivity contribution in [3.05, 3.63) is 29.1 Å². The zero-order valence-electron chi connectivity index (χ0n) is 13.1. The fourth-order valence-electron chi connectivity index (χ4n) is 3.19. The summed E-state index contributed by atoms with van der Waals surface area (Å²) in [6, 6.07) is 0. The second-order valence-corrected chi connectivity index (χ2v) is 5.90. The van der Waals surface area contributed by atoms with Crippen LogP contribution in [0.25, 0.3) is 0 Å². The Morgan fingerprint density at radius 1 is 1.38 bits per heavy atom. The number of hydrogen-bond acceptors (Lipinski definition) is 4. The molecule has 0 aliphatic carbocycles. The average Bonchev–Trinajstić information content (AvgIpc) is 3.05. The van der Waals surface area contributed by atoms with E-state index in [9.17, 15) is 0 Å². The summed E-state index contributed by atoms with van der Waals surface area (Å²) in [5, 5.41) is 16.3. The molecule has 6 heteroatoms. The number of fused-ring (bicyclic) bond motifs is 1. The number of aromatic nitrogens is 5. The molecule has 3 heterocycles. The van der Waals surface area contributed by atoms with Gasteiger partial charge in [0.25, 0.3) is 0 Å². The van der Waals surface area contributed by atoms with Crippen LogP contribution in [0.3, 0.4) is 0 Å². The van der Waals surface area contributed by atoms with Gasteiger partial charge in [0.1, 0.15) is 12.2 Å². The normalized spacial score (nSPS) is 18.0. The average molecular weight is 288 g/mol. The Balaban J connectivity index is 1.54. The first kappa shape index (κ1) is 14.3. The Hall–Kier alpha value is -1.69. The quantitative estimate of drug-likeness (QED) is 0.905. The van der Waals surface area contributed by atoms with Crippen LogP contribution in [0.1, 0.15) is 36.1 Å². The van der Waals surface area contributed by atoms with Crippen LogP contribution in [0.15, 0.2) is 6.33 Å². The van der Waals surface area contributed by atoms with Crippen molar-refractivity contribution in [2.24, 2.45) is 5.92 Å².